The fourth-order valence-electron chi connectivity index (χ4n) is 1.69. The number of rotatable bonds is 3. The second-order valence-corrected chi connectivity index (χ2v) is 6.13. The zero-order valence-electron chi connectivity index (χ0n) is 9.83. The number of nitrogens with one attached hydrogen (secondary N) is 1. The first-order valence-electron chi connectivity index (χ1n) is 5.65. The van der Waals surface area contributed by atoms with Crippen LogP contribution in [0.15, 0.2) is 23.4 Å². The highest BCUT2D eigenvalue weighted by molar-refractivity contribution is 7.97. The summed E-state index contributed by atoms with van der Waals surface area (Å²) in [6.45, 7) is 4.24. The van der Waals surface area contributed by atoms with Crippen molar-refractivity contribution in [3.63, 3.8) is 0 Å². The van der Waals surface area contributed by atoms with Gasteiger partial charge in [0.05, 0.1) is 11.2 Å². The molecule has 0 aliphatic heterocycles. The Morgan fingerprint density at radius 2 is 2.24 bits per heavy atom. The molecule has 90 valence electrons. The SMILES string of the molecule is Cc1ncn2c(Cl)cc(SNC3(C)CC3)cc12. The number of nitrogens with zero attached hydrogens (tertiary/aromatic N) is 2. The van der Waals surface area contributed by atoms with Gasteiger partial charge in [-0.1, -0.05) is 11.6 Å². The lowest BCUT2D eigenvalue weighted by atomic mass is 10.3. The van der Waals surface area contributed by atoms with Gasteiger partial charge in [-0.25, -0.2) is 4.98 Å². The molecule has 1 N–H and O–H groups in total. The summed E-state index contributed by atoms with van der Waals surface area (Å²) in [6.07, 6.45) is 4.26. The first-order chi connectivity index (χ1) is 8.07. The van der Waals surface area contributed by atoms with Crippen LogP contribution in [0.3, 0.4) is 0 Å². The monoisotopic (exact) mass is 267 g/mol. The van der Waals surface area contributed by atoms with Gasteiger partial charge in [-0.15, -0.1) is 0 Å². The molecule has 0 spiro atoms. The van der Waals surface area contributed by atoms with Crippen LogP contribution in [0, 0.1) is 6.92 Å². The largest absolute Gasteiger partial charge is 0.289 e. The molecule has 0 radical (unpaired) electrons. The van der Waals surface area contributed by atoms with Gasteiger partial charge in [0.1, 0.15) is 11.5 Å². The van der Waals surface area contributed by atoms with Gasteiger partial charge in [-0.05, 0) is 50.8 Å². The van der Waals surface area contributed by atoms with Crippen molar-refractivity contribution in [2.45, 2.75) is 37.1 Å². The molecule has 1 aliphatic carbocycles. The van der Waals surface area contributed by atoms with E-state index in [0.29, 0.717) is 10.7 Å². The Morgan fingerprint density at radius 1 is 1.47 bits per heavy atom. The second-order valence-electron chi connectivity index (χ2n) is 4.86. The predicted octanol–water partition coefficient (Wildman–Crippen LogP) is 3.45. The molecule has 1 saturated carbocycles. The quantitative estimate of drug-likeness (QED) is 0.682. The Labute approximate surface area is 110 Å². The Bertz CT molecular complexity index is 574. The van der Waals surface area contributed by atoms with Gasteiger partial charge >= 0.3 is 0 Å². The molecule has 2 heterocycles. The minimum absolute atomic E-state index is 0.318. The van der Waals surface area contributed by atoms with Crippen LogP contribution in [-0.2, 0) is 0 Å². The normalized spacial score (nSPS) is 17.6. The van der Waals surface area contributed by atoms with Crippen LogP contribution in [0.25, 0.3) is 5.52 Å². The van der Waals surface area contributed by atoms with Crippen molar-refractivity contribution < 1.29 is 0 Å². The van der Waals surface area contributed by atoms with E-state index in [1.54, 1.807) is 18.3 Å². The zero-order chi connectivity index (χ0) is 12.0. The number of hydrogen-bond donors (Lipinski definition) is 1. The Kier molecular flexibility index (Phi) is 2.61. The molecule has 0 bridgehead atoms. The molecule has 1 fully saturated rings. The fourth-order valence-corrected chi connectivity index (χ4v) is 2.91. The van der Waals surface area contributed by atoms with Crippen molar-refractivity contribution in [3.05, 3.63) is 29.3 Å². The molecule has 3 nitrogen and oxygen atoms in total. The van der Waals surface area contributed by atoms with Crippen LogP contribution >= 0.6 is 23.5 Å². The van der Waals surface area contributed by atoms with Crippen molar-refractivity contribution in [1.82, 2.24) is 14.1 Å². The van der Waals surface area contributed by atoms with Crippen LogP contribution in [-0.4, -0.2) is 14.9 Å². The number of fused-ring (bicyclic) bond motifs is 1. The molecule has 17 heavy (non-hydrogen) atoms. The van der Waals surface area contributed by atoms with Gasteiger partial charge < -0.3 is 0 Å². The highest BCUT2D eigenvalue weighted by atomic mass is 35.5. The molecule has 0 atom stereocenters. The third kappa shape index (κ3) is 2.17. The summed E-state index contributed by atoms with van der Waals surface area (Å²) in [6, 6.07) is 4.09. The van der Waals surface area contributed by atoms with Crippen LogP contribution in [0.4, 0.5) is 0 Å². The molecule has 0 aromatic carbocycles. The summed E-state index contributed by atoms with van der Waals surface area (Å²) in [5.41, 5.74) is 2.40. The Balaban J connectivity index is 1.91. The van der Waals surface area contributed by atoms with Crippen LogP contribution in [0.5, 0.6) is 0 Å². The van der Waals surface area contributed by atoms with Gasteiger partial charge in [0, 0.05) is 10.4 Å². The van der Waals surface area contributed by atoms with Crippen LogP contribution in [0.2, 0.25) is 5.15 Å². The van der Waals surface area contributed by atoms with E-state index < -0.39 is 0 Å². The maximum atomic E-state index is 6.22. The van der Waals surface area contributed by atoms with Crippen molar-refractivity contribution in [2.24, 2.45) is 0 Å². The summed E-state index contributed by atoms with van der Waals surface area (Å²) in [4.78, 5) is 5.41. The molecule has 0 saturated heterocycles. The van der Waals surface area contributed by atoms with E-state index >= 15 is 0 Å². The van der Waals surface area contributed by atoms with Crippen molar-refractivity contribution in [1.29, 1.82) is 0 Å². The molecule has 1 aliphatic rings. The van der Waals surface area contributed by atoms with Gasteiger partial charge in [-0.3, -0.25) is 9.12 Å². The number of imidazole rings is 1. The molecule has 0 unspecified atom stereocenters. The smallest absolute Gasteiger partial charge is 0.115 e. The molecule has 3 rings (SSSR count). The lowest BCUT2D eigenvalue weighted by Gasteiger charge is -2.11. The zero-order valence-corrected chi connectivity index (χ0v) is 11.4. The molecule has 2 aromatic rings. The number of aryl methyl sites for hydroxylation is 1. The number of aromatic nitrogens is 2. The standard InChI is InChI=1S/C12H14ClN3S/c1-8-10-5-9(17-15-12(2)3-4-12)6-11(13)16(10)7-14-8/h5-7,15H,3-4H2,1-2H3. The topological polar surface area (TPSA) is 29.3 Å². The number of pyridine rings is 1. The van der Waals surface area contributed by atoms with Crippen molar-refractivity contribution >= 4 is 29.1 Å². The van der Waals surface area contributed by atoms with E-state index in [9.17, 15) is 0 Å². The first kappa shape index (κ1) is 11.4. The lowest BCUT2D eigenvalue weighted by molar-refractivity contribution is 0.701. The van der Waals surface area contributed by atoms with Gasteiger partial charge in [0.2, 0.25) is 0 Å². The highest BCUT2D eigenvalue weighted by Crippen LogP contribution is 2.38. The molecular formula is C12H14ClN3S. The fraction of sp³-hybridized carbons (Fsp3) is 0.417. The second kappa shape index (κ2) is 3.90. The summed E-state index contributed by atoms with van der Waals surface area (Å²) in [5.74, 6) is 0. The van der Waals surface area contributed by atoms with Gasteiger partial charge in [0.25, 0.3) is 0 Å². The molecule has 5 heteroatoms. The first-order valence-corrected chi connectivity index (χ1v) is 6.84. The predicted molar refractivity (Wildman–Crippen MR) is 71.6 cm³/mol. The summed E-state index contributed by atoms with van der Waals surface area (Å²) >= 11 is 7.88. The minimum atomic E-state index is 0.318. The van der Waals surface area contributed by atoms with Gasteiger partial charge in [-0.2, -0.15) is 0 Å². The average molecular weight is 268 g/mol. The maximum absolute atomic E-state index is 6.22. The summed E-state index contributed by atoms with van der Waals surface area (Å²) in [5, 5.41) is 0.702. The summed E-state index contributed by atoms with van der Waals surface area (Å²) in [7, 11) is 0. The van der Waals surface area contributed by atoms with E-state index in [4.69, 9.17) is 11.6 Å². The third-order valence-corrected chi connectivity index (χ3v) is 4.54. The van der Waals surface area contributed by atoms with Crippen molar-refractivity contribution in [2.75, 3.05) is 0 Å². The van der Waals surface area contributed by atoms with E-state index in [1.165, 1.54) is 12.8 Å². The number of hydrogen-bond acceptors (Lipinski definition) is 3. The third-order valence-electron chi connectivity index (χ3n) is 3.18. The van der Waals surface area contributed by atoms with Crippen LogP contribution in [0.1, 0.15) is 25.5 Å². The molecule has 2 aromatic heterocycles. The van der Waals surface area contributed by atoms with Gasteiger partial charge in [0.15, 0.2) is 0 Å². The Hall–Kier alpha value is -0.710. The van der Waals surface area contributed by atoms with E-state index in [1.807, 2.05) is 17.4 Å². The Morgan fingerprint density at radius 3 is 2.94 bits per heavy atom. The minimum Gasteiger partial charge on any atom is -0.289 e. The van der Waals surface area contributed by atoms with Crippen molar-refractivity contribution in [3.8, 4) is 0 Å². The molecular weight excluding hydrogens is 254 g/mol. The van der Waals surface area contributed by atoms with E-state index in [-0.39, 0.29) is 0 Å². The van der Waals surface area contributed by atoms with E-state index in [0.717, 1.165) is 16.1 Å². The average Bonchev–Trinajstić information content (AvgIpc) is 2.91. The van der Waals surface area contributed by atoms with Crippen LogP contribution < -0.4 is 4.72 Å². The number of halogens is 1. The maximum Gasteiger partial charge on any atom is 0.115 e. The summed E-state index contributed by atoms with van der Waals surface area (Å²) < 4.78 is 5.38. The van der Waals surface area contributed by atoms with E-state index in [2.05, 4.69) is 22.7 Å². The lowest BCUT2D eigenvalue weighted by Crippen LogP contribution is -2.19. The highest BCUT2D eigenvalue weighted by Gasteiger charge is 2.37. The molecule has 0 amide bonds.